The standard InChI is InChI=1S/C14H22ClN3O2/c1-10(2)18-6-5-16-12(13(18)19)17-8-11(7-15)20-14(3,4)9-17/h5-6,10-11H,7-9H2,1-4H3. The van der Waals surface area contributed by atoms with Crippen molar-refractivity contribution < 1.29 is 4.74 Å². The second-order valence-electron chi connectivity index (χ2n) is 6.09. The molecule has 112 valence electrons. The molecule has 1 atom stereocenters. The molecular weight excluding hydrogens is 278 g/mol. The maximum atomic E-state index is 12.5. The number of alkyl halides is 1. The summed E-state index contributed by atoms with van der Waals surface area (Å²) in [7, 11) is 0. The average molecular weight is 300 g/mol. The Hall–Kier alpha value is -1.07. The molecule has 1 saturated heterocycles. The van der Waals surface area contributed by atoms with Gasteiger partial charge in [-0.2, -0.15) is 0 Å². The SMILES string of the molecule is CC(C)n1ccnc(N2CC(CCl)OC(C)(C)C2)c1=O. The summed E-state index contributed by atoms with van der Waals surface area (Å²) in [6.45, 7) is 9.19. The molecule has 1 aromatic heterocycles. The quantitative estimate of drug-likeness (QED) is 0.802. The molecule has 1 aromatic rings. The lowest BCUT2D eigenvalue weighted by Gasteiger charge is -2.42. The van der Waals surface area contributed by atoms with E-state index in [1.807, 2.05) is 32.6 Å². The van der Waals surface area contributed by atoms with E-state index in [2.05, 4.69) is 4.98 Å². The van der Waals surface area contributed by atoms with Gasteiger partial charge in [0.1, 0.15) is 0 Å². The van der Waals surface area contributed by atoms with Crippen molar-refractivity contribution in [3.05, 3.63) is 22.7 Å². The van der Waals surface area contributed by atoms with E-state index in [-0.39, 0.29) is 23.3 Å². The first kappa shape index (κ1) is 15.3. The van der Waals surface area contributed by atoms with Crippen molar-refractivity contribution in [3.63, 3.8) is 0 Å². The minimum Gasteiger partial charge on any atom is -0.367 e. The summed E-state index contributed by atoms with van der Waals surface area (Å²) < 4.78 is 7.58. The van der Waals surface area contributed by atoms with Crippen LogP contribution in [0, 0.1) is 0 Å². The number of nitrogens with zero attached hydrogens (tertiary/aromatic N) is 3. The largest absolute Gasteiger partial charge is 0.367 e. The van der Waals surface area contributed by atoms with Gasteiger partial charge in [0.15, 0.2) is 5.82 Å². The molecule has 0 spiro atoms. The predicted octanol–water partition coefficient (Wildman–Crippen LogP) is 2.05. The average Bonchev–Trinajstić information content (AvgIpc) is 2.36. The molecule has 0 amide bonds. The second-order valence-corrected chi connectivity index (χ2v) is 6.40. The van der Waals surface area contributed by atoms with Gasteiger partial charge in [0.05, 0.1) is 17.6 Å². The van der Waals surface area contributed by atoms with Crippen LogP contribution in [0.25, 0.3) is 0 Å². The molecule has 1 fully saturated rings. The van der Waals surface area contributed by atoms with Gasteiger partial charge in [-0.15, -0.1) is 11.6 Å². The zero-order chi connectivity index (χ0) is 14.9. The number of hydrogen-bond donors (Lipinski definition) is 0. The normalized spacial score (nSPS) is 22.3. The highest BCUT2D eigenvalue weighted by atomic mass is 35.5. The van der Waals surface area contributed by atoms with E-state index in [1.165, 1.54) is 0 Å². The summed E-state index contributed by atoms with van der Waals surface area (Å²) in [6, 6.07) is 0.113. The highest BCUT2D eigenvalue weighted by Gasteiger charge is 2.34. The summed E-state index contributed by atoms with van der Waals surface area (Å²) >= 11 is 5.93. The number of halogens is 1. The number of ether oxygens (including phenoxy) is 1. The fraction of sp³-hybridized carbons (Fsp3) is 0.714. The Kier molecular flexibility index (Phi) is 4.39. The first-order valence-corrected chi connectivity index (χ1v) is 7.43. The van der Waals surface area contributed by atoms with Crippen molar-refractivity contribution in [2.45, 2.75) is 45.4 Å². The van der Waals surface area contributed by atoms with E-state index in [1.54, 1.807) is 17.0 Å². The maximum absolute atomic E-state index is 12.5. The van der Waals surface area contributed by atoms with Crippen molar-refractivity contribution in [1.29, 1.82) is 0 Å². The topological polar surface area (TPSA) is 47.4 Å². The van der Waals surface area contributed by atoms with Crippen LogP contribution in [-0.4, -0.2) is 40.2 Å². The zero-order valence-corrected chi connectivity index (χ0v) is 13.2. The Morgan fingerprint density at radius 1 is 1.55 bits per heavy atom. The van der Waals surface area contributed by atoms with Gasteiger partial charge >= 0.3 is 0 Å². The van der Waals surface area contributed by atoms with Gasteiger partial charge in [0, 0.05) is 31.5 Å². The third-order valence-corrected chi connectivity index (χ3v) is 3.70. The van der Waals surface area contributed by atoms with Gasteiger partial charge in [-0.25, -0.2) is 4.98 Å². The van der Waals surface area contributed by atoms with Crippen LogP contribution in [0.5, 0.6) is 0 Å². The van der Waals surface area contributed by atoms with Crippen LogP contribution in [0.15, 0.2) is 17.2 Å². The Balaban J connectivity index is 2.36. The van der Waals surface area contributed by atoms with Crippen molar-refractivity contribution in [3.8, 4) is 0 Å². The zero-order valence-electron chi connectivity index (χ0n) is 12.5. The first-order chi connectivity index (χ1) is 9.34. The number of hydrogen-bond acceptors (Lipinski definition) is 4. The second kappa shape index (κ2) is 5.74. The van der Waals surface area contributed by atoms with Gasteiger partial charge in [-0.3, -0.25) is 4.79 Å². The smallest absolute Gasteiger partial charge is 0.293 e. The summed E-state index contributed by atoms with van der Waals surface area (Å²) in [5.74, 6) is 0.887. The predicted molar refractivity (Wildman–Crippen MR) is 80.8 cm³/mol. The van der Waals surface area contributed by atoms with Gasteiger partial charge in [0.2, 0.25) is 0 Å². The van der Waals surface area contributed by atoms with Crippen molar-refractivity contribution >= 4 is 17.4 Å². The molecule has 5 nitrogen and oxygen atoms in total. The minimum absolute atomic E-state index is 0.0616. The highest BCUT2D eigenvalue weighted by Crippen LogP contribution is 2.24. The van der Waals surface area contributed by atoms with Crippen LogP contribution < -0.4 is 10.5 Å². The van der Waals surface area contributed by atoms with Crippen LogP contribution in [0.3, 0.4) is 0 Å². The Bertz CT molecular complexity index is 527. The lowest BCUT2D eigenvalue weighted by atomic mass is 10.1. The molecule has 0 aliphatic carbocycles. The molecule has 2 heterocycles. The molecule has 0 radical (unpaired) electrons. The summed E-state index contributed by atoms with van der Waals surface area (Å²) in [4.78, 5) is 18.8. The first-order valence-electron chi connectivity index (χ1n) is 6.90. The minimum atomic E-state index is -0.343. The van der Waals surface area contributed by atoms with Crippen LogP contribution in [0.2, 0.25) is 0 Å². The van der Waals surface area contributed by atoms with Gasteiger partial charge in [0.25, 0.3) is 5.56 Å². The van der Waals surface area contributed by atoms with Crippen LogP contribution in [-0.2, 0) is 4.74 Å². The Labute approximate surface area is 124 Å². The molecule has 6 heteroatoms. The van der Waals surface area contributed by atoms with Crippen molar-refractivity contribution in [2.75, 3.05) is 23.9 Å². The monoisotopic (exact) mass is 299 g/mol. The number of morpholine rings is 1. The molecule has 20 heavy (non-hydrogen) atoms. The van der Waals surface area contributed by atoms with Gasteiger partial charge in [-0.05, 0) is 27.7 Å². The van der Waals surface area contributed by atoms with E-state index < -0.39 is 0 Å². The van der Waals surface area contributed by atoms with E-state index >= 15 is 0 Å². The number of aromatic nitrogens is 2. The lowest BCUT2D eigenvalue weighted by molar-refractivity contribution is -0.0737. The van der Waals surface area contributed by atoms with Crippen molar-refractivity contribution in [2.24, 2.45) is 0 Å². The lowest BCUT2D eigenvalue weighted by Crippen LogP contribution is -2.55. The molecule has 1 aliphatic rings. The number of anilines is 1. The molecule has 1 unspecified atom stereocenters. The maximum Gasteiger partial charge on any atom is 0.293 e. The van der Waals surface area contributed by atoms with E-state index in [0.29, 0.717) is 24.8 Å². The van der Waals surface area contributed by atoms with Crippen molar-refractivity contribution in [1.82, 2.24) is 9.55 Å². The van der Waals surface area contributed by atoms with Gasteiger partial charge < -0.3 is 14.2 Å². The summed E-state index contributed by atoms with van der Waals surface area (Å²) in [6.07, 6.45) is 3.31. The molecular formula is C14H22ClN3O2. The van der Waals surface area contributed by atoms with Crippen LogP contribution in [0.4, 0.5) is 5.82 Å². The third kappa shape index (κ3) is 3.15. The molecule has 0 saturated carbocycles. The van der Waals surface area contributed by atoms with Crippen LogP contribution in [0.1, 0.15) is 33.7 Å². The summed E-state index contributed by atoms with van der Waals surface area (Å²) in [5.41, 5.74) is -0.404. The fourth-order valence-corrected chi connectivity index (χ4v) is 2.74. The highest BCUT2D eigenvalue weighted by molar-refractivity contribution is 6.18. The van der Waals surface area contributed by atoms with E-state index in [0.717, 1.165) is 0 Å². The molecule has 2 rings (SSSR count). The Morgan fingerprint density at radius 3 is 2.85 bits per heavy atom. The molecule has 0 aromatic carbocycles. The third-order valence-electron chi connectivity index (χ3n) is 3.36. The fourth-order valence-electron chi connectivity index (χ4n) is 2.58. The van der Waals surface area contributed by atoms with Gasteiger partial charge in [-0.1, -0.05) is 0 Å². The van der Waals surface area contributed by atoms with Crippen LogP contribution >= 0.6 is 11.6 Å². The summed E-state index contributed by atoms with van der Waals surface area (Å²) in [5, 5.41) is 0. The number of rotatable bonds is 3. The van der Waals surface area contributed by atoms with E-state index in [9.17, 15) is 4.79 Å². The molecule has 0 bridgehead atoms. The Morgan fingerprint density at radius 2 is 2.25 bits per heavy atom. The van der Waals surface area contributed by atoms with E-state index in [4.69, 9.17) is 16.3 Å². The molecule has 0 N–H and O–H groups in total. The molecule has 1 aliphatic heterocycles.